The van der Waals surface area contributed by atoms with Gasteiger partial charge in [0.15, 0.2) is 0 Å². The number of H-pyrrole nitrogens is 1. The lowest BCUT2D eigenvalue weighted by Gasteiger charge is -2.07. The summed E-state index contributed by atoms with van der Waals surface area (Å²) in [4.78, 5) is 25.6. The number of hydrogen-bond donors (Lipinski definition) is 5. The monoisotopic (exact) mass is 351 g/mol. The zero-order valence-corrected chi connectivity index (χ0v) is 13.7. The Hall–Kier alpha value is -3.94. The third-order valence-corrected chi connectivity index (χ3v) is 3.59. The van der Waals surface area contributed by atoms with Gasteiger partial charge in [0.05, 0.1) is 5.56 Å². The van der Waals surface area contributed by atoms with E-state index in [4.69, 9.17) is 21.9 Å². The number of aromatic amines is 1. The molecule has 0 fully saturated rings. The van der Waals surface area contributed by atoms with Crippen molar-refractivity contribution in [2.75, 3.05) is 11.1 Å². The number of benzene rings is 2. The van der Waals surface area contributed by atoms with Crippen LogP contribution in [0.15, 0.2) is 54.6 Å². The van der Waals surface area contributed by atoms with Gasteiger partial charge in [0, 0.05) is 16.9 Å². The second kappa shape index (κ2) is 6.89. The SMILES string of the molecule is NC(=O)Nc1[nH]c(-c2cccc(Oc3ccc(N)cc3)c2)cc1C(N)=O. The van der Waals surface area contributed by atoms with Gasteiger partial charge in [-0.15, -0.1) is 0 Å². The number of primary amides is 2. The van der Waals surface area contributed by atoms with Crippen LogP contribution in [0.4, 0.5) is 16.3 Å². The van der Waals surface area contributed by atoms with E-state index in [1.165, 1.54) is 6.07 Å². The average Bonchev–Trinajstić information content (AvgIpc) is 3.01. The molecule has 8 nitrogen and oxygen atoms in total. The molecule has 0 radical (unpaired) electrons. The van der Waals surface area contributed by atoms with Gasteiger partial charge >= 0.3 is 6.03 Å². The molecule has 0 aliphatic rings. The predicted octanol–water partition coefficient (Wildman–Crippen LogP) is 2.65. The van der Waals surface area contributed by atoms with Crippen LogP contribution in [0.2, 0.25) is 0 Å². The molecule has 0 spiro atoms. The minimum atomic E-state index is -0.804. The van der Waals surface area contributed by atoms with Gasteiger partial charge in [0.2, 0.25) is 0 Å². The number of hydrogen-bond acceptors (Lipinski definition) is 4. The summed E-state index contributed by atoms with van der Waals surface area (Å²) in [5.41, 5.74) is 18.2. The molecule has 1 heterocycles. The molecule has 8 heteroatoms. The van der Waals surface area contributed by atoms with Crippen molar-refractivity contribution in [2.24, 2.45) is 11.5 Å². The number of nitrogens with one attached hydrogen (secondary N) is 2. The van der Waals surface area contributed by atoms with E-state index in [2.05, 4.69) is 10.3 Å². The summed E-state index contributed by atoms with van der Waals surface area (Å²) < 4.78 is 5.79. The molecule has 0 aliphatic carbocycles. The maximum absolute atomic E-state index is 11.6. The van der Waals surface area contributed by atoms with Crippen LogP contribution in [0.25, 0.3) is 11.3 Å². The van der Waals surface area contributed by atoms with E-state index in [1.54, 1.807) is 42.5 Å². The Morgan fingerprint density at radius 1 is 0.962 bits per heavy atom. The largest absolute Gasteiger partial charge is 0.457 e. The Bertz CT molecular complexity index is 963. The highest BCUT2D eigenvalue weighted by Crippen LogP contribution is 2.29. The van der Waals surface area contributed by atoms with Crippen LogP contribution in [0.1, 0.15) is 10.4 Å². The standard InChI is InChI=1S/C18H17N5O3/c19-11-4-6-12(7-5-11)26-13-3-1-2-10(8-13)15-9-14(16(20)24)17(22-15)23-18(21)25/h1-9,22H,19H2,(H2,20,24)(H3,21,23,25). The summed E-state index contributed by atoms with van der Waals surface area (Å²) >= 11 is 0. The molecule has 0 bridgehead atoms. The Balaban J connectivity index is 1.91. The van der Waals surface area contributed by atoms with Crippen molar-refractivity contribution in [3.8, 4) is 22.8 Å². The number of amides is 3. The number of carbonyl (C=O) groups excluding carboxylic acids is 2. The first-order valence-corrected chi connectivity index (χ1v) is 7.65. The Morgan fingerprint density at radius 3 is 2.35 bits per heavy atom. The highest BCUT2D eigenvalue weighted by molar-refractivity contribution is 6.03. The van der Waals surface area contributed by atoms with E-state index in [0.29, 0.717) is 22.9 Å². The molecule has 1 aromatic heterocycles. The highest BCUT2D eigenvalue weighted by Gasteiger charge is 2.15. The van der Waals surface area contributed by atoms with Crippen molar-refractivity contribution in [1.29, 1.82) is 0 Å². The summed E-state index contributed by atoms with van der Waals surface area (Å²) in [5, 5.41) is 2.34. The molecule has 0 atom stereocenters. The van der Waals surface area contributed by atoms with Gasteiger partial charge < -0.3 is 26.9 Å². The van der Waals surface area contributed by atoms with Crippen LogP contribution in [0, 0.1) is 0 Å². The minimum absolute atomic E-state index is 0.128. The lowest BCUT2D eigenvalue weighted by molar-refractivity contribution is 0.100. The maximum Gasteiger partial charge on any atom is 0.317 e. The van der Waals surface area contributed by atoms with Crippen LogP contribution >= 0.6 is 0 Å². The average molecular weight is 351 g/mol. The quantitative estimate of drug-likeness (QED) is 0.449. The minimum Gasteiger partial charge on any atom is -0.457 e. The molecule has 8 N–H and O–H groups in total. The number of carbonyl (C=O) groups is 2. The van der Waals surface area contributed by atoms with E-state index in [-0.39, 0.29) is 11.4 Å². The summed E-state index contributed by atoms with van der Waals surface area (Å²) in [7, 11) is 0. The summed E-state index contributed by atoms with van der Waals surface area (Å²) in [6.07, 6.45) is 0. The lowest BCUT2D eigenvalue weighted by atomic mass is 10.1. The Morgan fingerprint density at radius 2 is 1.69 bits per heavy atom. The van der Waals surface area contributed by atoms with Crippen molar-refractivity contribution in [2.45, 2.75) is 0 Å². The molecule has 0 saturated heterocycles. The molecular formula is C18H17N5O3. The number of ether oxygens (including phenoxy) is 1. The molecule has 3 aromatic rings. The smallest absolute Gasteiger partial charge is 0.317 e. The molecular weight excluding hydrogens is 334 g/mol. The number of nitrogen functional groups attached to an aromatic ring is 1. The van der Waals surface area contributed by atoms with Gasteiger partial charge in [-0.25, -0.2) is 4.79 Å². The van der Waals surface area contributed by atoms with Gasteiger partial charge in [-0.2, -0.15) is 0 Å². The Labute approximate surface area is 148 Å². The molecule has 0 saturated carbocycles. The number of urea groups is 1. The third kappa shape index (κ3) is 3.75. The maximum atomic E-state index is 11.6. The Kier molecular flexibility index (Phi) is 4.48. The van der Waals surface area contributed by atoms with E-state index in [9.17, 15) is 9.59 Å². The normalized spacial score (nSPS) is 10.3. The first-order valence-electron chi connectivity index (χ1n) is 7.65. The summed E-state index contributed by atoms with van der Waals surface area (Å²) in [6, 6.07) is 14.9. The van der Waals surface area contributed by atoms with Crippen molar-refractivity contribution in [3.05, 3.63) is 60.2 Å². The van der Waals surface area contributed by atoms with Gasteiger partial charge in [0.1, 0.15) is 17.3 Å². The summed E-state index contributed by atoms with van der Waals surface area (Å²) in [6.45, 7) is 0. The topological polar surface area (TPSA) is 149 Å². The van der Waals surface area contributed by atoms with Crippen LogP contribution in [-0.2, 0) is 0 Å². The molecule has 3 amide bonds. The van der Waals surface area contributed by atoms with Crippen LogP contribution in [0.3, 0.4) is 0 Å². The van der Waals surface area contributed by atoms with Crippen molar-refractivity contribution < 1.29 is 14.3 Å². The van der Waals surface area contributed by atoms with Crippen LogP contribution < -0.4 is 27.3 Å². The fraction of sp³-hybridized carbons (Fsp3) is 0. The zero-order chi connectivity index (χ0) is 18.7. The molecule has 132 valence electrons. The molecule has 3 rings (SSSR count). The fourth-order valence-corrected chi connectivity index (χ4v) is 2.43. The van der Waals surface area contributed by atoms with Crippen molar-refractivity contribution in [1.82, 2.24) is 4.98 Å². The van der Waals surface area contributed by atoms with E-state index in [0.717, 1.165) is 5.56 Å². The van der Waals surface area contributed by atoms with E-state index >= 15 is 0 Å². The van der Waals surface area contributed by atoms with E-state index in [1.807, 2.05) is 6.07 Å². The molecule has 0 unspecified atom stereocenters. The molecule has 26 heavy (non-hydrogen) atoms. The number of nitrogens with two attached hydrogens (primary N) is 3. The summed E-state index contributed by atoms with van der Waals surface area (Å²) in [5.74, 6) is 0.680. The predicted molar refractivity (Wildman–Crippen MR) is 98.9 cm³/mol. The van der Waals surface area contributed by atoms with Crippen molar-refractivity contribution >= 4 is 23.4 Å². The second-order valence-corrected chi connectivity index (χ2v) is 5.52. The lowest BCUT2D eigenvalue weighted by Crippen LogP contribution is -2.22. The number of aromatic nitrogens is 1. The van der Waals surface area contributed by atoms with Crippen LogP contribution in [0.5, 0.6) is 11.5 Å². The first kappa shape index (κ1) is 16.9. The number of anilines is 2. The van der Waals surface area contributed by atoms with E-state index < -0.39 is 11.9 Å². The second-order valence-electron chi connectivity index (χ2n) is 5.52. The van der Waals surface area contributed by atoms with Gasteiger partial charge in [-0.1, -0.05) is 12.1 Å². The molecule has 2 aromatic carbocycles. The zero-order valence-electron chi connectivity index (χ0n) is 13.7. The number of rotatable bonds is 5. The van der Waals surface area contributed by atoms with Gasteiger partial charge in [0.25, 0.3) is 5.91 Å². The third-order valence-electron chi connectivity index (χ3n) is 3.59. The van der Waals surface area contributed by atoms with Crippen molar-refractivity contribution in [3.63, 3.8) is 0 Å². The highest BCUT2D eigenvalue weighted by atomic mass is 16.5. The van der Waals surface area contributed by atoms with Crippen LogP contribution in [-0.4, -0.2) is 16.9 Å². The first-order chi connectivity index (χ1) is 12.4. The van der Waals surface area contributed by atoms with Gasteiger partial charge in [-0.05, 0) is 42.5 Å². The van der Waals surface area contributed by atoms with Gasteiger partial charge in [-0.3, -0.25) is 10.1 Å². The molecule has 0 aliphatic heterocycles. The fourth-order valence-electron chi connectivity index (χ4n) is 2.43.